The maximum atomic E-state index is 14.0. The van der Waals surface area contributed by atoms with Crippen LogP contribution in [0, 0.1) is 5.92 Å². The van der Waals surface area contributed by atoms with Crippen LogP contribution in [-0.2, 0) is 30.4 Å². The molecule has 1 aromatic heterocycles. The zero-order valence-corrected chi connectivity index (χ0v) is 23.8. The summed E-state index contributed by atoms with van der Waals surface area (Å²) in [5.41, 5.74) is 1.50. The van der Waals surface area contributed by atoms with Crippen molar-refractivity contribution in [3.05, 3.63) is 80.3 Å². The van der Waals surface area contributed by atoms with Gasteiger partial charge in [0.05, 0.1) is 42.0 Å². The van der Waals surface area contributed by atoms with E-state index in [1.54, 1.807) is 24.0 Å². The van der Waals surface area contributed by atoms with Crippen LogP contribution in [0.5, 0.6) is 0 Å². The number of aromatic nitrogens is 1. The summed E-state index contributed by atoms with van der Waals surface area (Å²) >= 11 is 2.20. The minimum Gasteiger partial charge on any atom is -0.462 e. The number of anilines is 1. The fraction of sp³-hybridized carbons (Fsp3) is 0.345. The van der Waals surface area contributed by atoms with Crippen molar-refractivity contribution in [1.29, 1.82) is 0 Å². The van der Waals surface area contributed by atoms with Crippen molar-refractivity contribution in [3.8, 4) is 0 Å². The quantitative estimate of drug-likeness (QED) is 0.317. The number of nitrogens with zero attached hydrogens (tertiary/aromatic N) is 3. The molecular weight excluding hydrogens is 566 g/mol. The molecule has 0 N–H and O–H groups in total. The number of hydrogen-bond donors (Lipinski definition) is 0. The smallest absolute Gasteiger partial charge is 0.338 e. The van der Waals surface area contributed by atoms with E-state index >= 15 is 0 Å². The van der Waals surface area contributed by atoms with E-state index in [-0.39, 0.29) is 29.8 Å². The van der Waals surface area contributed by atoms with E-state index in [1.165, 1.54) is 33.4 Å². The molecule has 0 unspecified atom stereocenters. The molecule has 10 nitrogen and oxygen atoms in total. The number of ether oxygens (including phenoxy) is 2. The summed E-state index contributed by atoms with van der Waals surface area (Å²) in [5, 5.41) is -0.235. The van der Waals surface area contributed by atoms with Crippen LogP contribution < -0.4 is 9.77 Å². The number of benzene rings is 2. The Morgan fingerprint density at radius 2 is 1.68 bits per heavy atom. The molecule has 3 amide bonds. The Morgan fingerprint density at radius 1 is 0.976 bits per heavy atom. The van der Waals surface area contributed by atoms with Crippen molar-refractivity contribution in [2.24, 2.45) is 5.92 Å². The third kappa shape index (κ3) is 4.89. The molecule has 0 aliphatic carbocycles. The normalized spacial score (nSPS) is 21.9. The van der Waals surface area contributed by atoms with Gasteiger partial charge in [0, 0.05) is 23.9 Å². The molecule has 2 aromatic carbocycles. The van der Waals surface area contributed by atoms with Crippen LogP contribution in [0.4, 0.5) is 5.69 Å². The molecule has 0 bridgehead atoms. The van der Waals surface area contributed by atoms with Crippen molar-refractivity contribution in [3.63, 3.8) is 0 Å². The number of thiazole rings is 1. The summed E-state index contributed by atoms with van der Waals surface area (Å²) in [7, 11) is 0. The van der Waals surface area contributed by atoms with Gasteiger partial charge in [0.15, 0.2) is 0 Å². The third-order valence-electron chi connectivity index (χ3n) is 7.50. The van der Waals surface area contributed by atoms with Gasteiger partial charge in [0.25, 0.3) is 0 Å². The number of rotatable bonds is 6. The first kappa shape index (κ1) is 27.4. The Hall–Kier alpha value is -3.74. The summed E-state index contributed by atoms with van der Waals surface area (Å²) in [6, 6.07) is 15.6. The van der Waals surface area contributed by atoms with Gasteiger partial charge in [-0.15, -0.1) is 0 Å². The lowest BCUT2D eigenvalue weighted by atomic mass is 9.83. The Balaban J connectivity index is 1.37. The second-order valence-corrected chi connectivity index (χ2v) is 12.0. The first-order chi connectivity index (χ1) is 19.9. The van der Waals surface area contributed by atoms with Crippen molar-refractivity contribution in [2.45, 2.75) is 29.7 Å². The maximum absolute atomic E-state index is 14.0. The predicted octanol–water partition coefficient (Wildman–Crippen LogP) is 2.74. The molecule has 41 heavy (non-hydrogen) atoms. The molecule has 0 radical (unpaired) electrons. The summed E-state index contributed by atoms with van der Waals surface area (Å²) in [6.45, 7) is 3.63. The largest absolute Gasteiger partial charge is 0.462 e. The van der Waals surface area contributed by atoms with Gasteiger partial charge in [-0.05, 0) is 36.8 Å². The topological polar surface area (TPSA) is 115 Å². The highest BCUT2D eigenvalue weighted by molar-refractivity contribution is 8.00. The number of carbonyl (C=O) groups excluding carboxylic acids is 4. The zero-order valence-electron chi connectivity index (χ0n) is 22.2. The highest BCUT2D eigenvalue weighted by Crippen LogP contribution is 2.53. The number of imide groups is 1. The Bertz CT molecular complexity index is 1560. The molecule has 212 valence electrons. The first-order valence-corrected chi connectivity index (χ1v) is 15.0. The van der Waals surface area contributed by atoms with Crippen LogP contribution in [0.2, 0.25) is 0 Å². The lowest BCUT2D eigenvalue weighted by Crippen LogP contribution is -2.43. The van der Waals surface area contributed by atoms with Gasteiger partial charge in [-0.3, -0.25) is 23.7 Å². The summed E-state index contributed by atoms with van der Waals surface area (Å²) < 4.78 is 11.8. The highest BCUT2D eigenvalue weighted by Gasteiger charge is 2.56. The number of morpholine rings is 1. The van der Waals surface area contributed by atoms with Crippen LogP contribution in [0.25, 0.3) is 0 Å². The Morgan fingerprint density at radius 3 is 2.37 bits per heavy atom. The third-order valence-corrected chi connectivity index (χ3v) is 10.1. The number of hydrogen-bond acceptors (Lipinski definition) is 9. The standard InChI is InChI=1S/C29H27N3O7S2/c1-2-39-28(36)18-8-10-19(11-9-18)32-25(34)22-21(17-6-4-3-5-7-17)24-27(40-23(22)26(32)35)31(29(37)41-24)16-20(33)30-12-14-38-15-13-30/h3-11,21-23H,2,12-16H2,1H3/t21-,22-,23+/m0/s1. The van der Waals surface area contributed by atoms with E-state index in [1.807, 2.05) is 30.3 Å². The SMILES string of the molecule is CCOC(=O)c1ccc(N2C(=O)[C@H]3[C@H](c4ccccc4)c4sc(=O)n(CC(=O)N5CCOCC5)c4S[C@H]3C2=O)cc1. The van der Waals surface area contributed by atoms with Gasteiger partial charge < -0.3 is 14.4 Å². The van der Waals surface area contributed by atoms with Crippen molar-refractivity contribution < 1.29 is 28.7 Å². The highest BCUT2D eigenvalue weighted by atomic mass is 32.2. The van der Waals surface area contributed by atoms with Gasteiger partial charge in [-0.2, -0.15) is 0 Å². The predicted molar refractivity (Wildman–Crippen MR) is 152 cm³/mol. The van der Waals surface area contributed by atoms with Crippen molar-refractivity contribution in [1.82, 2.24) is 9.47 Å². The molecule has 12 heteroatoms. The van der Waals surface area contributed by atoms with Gasteiger partial charge in [-0.1, -0.05) is 53.4 Å². The fourth-order valence-corrected chi connectivity index (χ4v) is 8.31. The molecule has 4 heterocycles. The molecule has 3 aliphatic rings. The van der Waals surface area contributed by atoms with Gasteiger partial charge in [-0.25, -0.2) is 9.69 Å². The molecule has 0 spiro atoms. The molecular formula is C29H27N3O7S2. The molecule has 3 atom stereocenters. The number of amides is 3. The van der Waals surface area contributed by atoms with Gasteiger partial charge in [0.2, 0.25) is 17.7 Å². The first-order valence-electron chi connectivity index (χ1n) is 13.3. The van der Waals surface area contributed by atoms with Crippen LogP contribution in [-0.4, -0.2) is 71.3 Å². The molecule has 2 fully saturated rings. The Labute approximate surface area is 243 Å². The van der Waals surface area contributed by atoms with E-state index in [0.717, 1.165) is 16.9 Å². The van der Waals surface area contributed by atoms with E-state index in [0.29, 0.717) is 47.5 Å². The van der Waals surface area contributed by atoms with E-state index in [4.69, 9.17) is 9.47 Å². The molecule has 3 aromatic rings. The zero-order chi connectivity index (χ0) is 28.7. The number of fused-ring (bicyclic) bond motifs is 2. The average molecular weight is 594 g/mol. The van der Waals surface area contributed by atoms with E-state index in [2.05, 4.69) is 0 Å². The van der Waals surface area contributed by atoms with E-state index < -0.39 is 29.0 Å². The lowest BCUT2D eigenvalue weighted by Gasteiger charge is -2.31. The number of thioether (sulfide) groups is 1. The molecule has 3 aliphatic heterocycles. The number of esters is 1. The van der Waals surface area contributed by atoms with Crippen molar-refractivity contribution in [2.75, 3.05) is 37.8 Å². The summed E-state index contributed by atoms with van der Waals surface area (Å²) in [5.74, 6) is -2.71. The van der Waals surface area contributed by atoms with Crippen LogP contribution in [0.15, 0.2) is 64.4 Å². The van der Waals surface area contributed by atoms with Crippen molar-refractivity contribution >= 4 is 52.5 Å². The Kier molecular flexibility index (Phi) is 7.54. The van der Waals surface area contributed by atoms with E-state index in [9.17, 15) is 24.0 Å². The van der Waals surface area contributed by atoms with Crippen LogP contribution >= 0.6 is 23.1 Å². The minimum atomic E-state index is -0.788. The van der Waals surface area contributed by atoms with Gasteiger partial charge in [0.1, 0.15) is 11.8 Å². The lowest BCUT2D eigenvalue weighted by molar-refractivity contribution is -0.136. The average Bonchev–Trinajstić information content (AvgIpc) is 3.44. The summed E-state index contributed by atoms with van der Waals surface area (Å²) in [4.78, 5) is 69.6. The fourth-order valence-electron chi connectivity index (χ4n) is 5.54. The maximum Gasteiger partial charge on any atom is 0.338 e. The summed E-state index contributed by atoms with van der Waals surface area (Å²) in [6.07, 6.45) is 0. The minimum absolute atomic E-state index is 0.141. The monoisotopic (exact) mass is 593 g/mol. The molecule has 0 saturated carbocycles. The molecule has 2 saturated heterocycles. The van der Waals surface area contributed by atoms with Gasteiger partial charge >= 0.3 is 10.8 Å². The number of carbonyl (C=O) groups is 4. The second kappa shape index (κ2) is 11.3. The second-order valence-electron chi connectivity index (χ2n) is 9.85. The molecule has 6 rings (SSSR count). The van der Waals surface area contributed by atoms with Crippen LogP contribution in [0.1, 0.15) is 33.6 Å². The van der Waals surface area contributed by atoms with Crippen LogP contribution in [0.3, 0.4) is 0 Å².